The molecule has 0 radical (unpaired) electrons. The van der Waals surface area contributed by atoms with Gasteiger partial charge in [0, 0.05) is 17.6 Å². The fraction of sp³-hybridized carbons (Fsp3) is 0.273. The van der Waals surface area contributed by atoms with E-state index in [0.717, 1.165) is 11.4 Å². The summed E-state index contributed by atoms with van der Waals surface area (Å²) < 4.78 is 1.45. The second kappa shape index (κ2) is 4.82. The van der Waals surface area contributed by atoms with Crippen molar-refractivity contribution >= 4 is 17.7 Å². The lowest BCUT2D eigenvalue weighted by Gasteiger charge is -2.05. The van der Waals surface area contributed by atoms with Crippen LogP contribution >= 0.6 is 0 Å². The molecule has 94 valence electrons. The van der Waals surface area contributed by atoms with Gasteiger partial charge < -0.3 is 5.73 Å². The van der Waals surface area contributed by atoms with Crippen LogP contribution in [0.4, 0.5) is 11.8 Å². The van der Waals surface area contributed by atoms with Crippen LogP contribution in [0.5, 0.6) is 0 Å². The van der Waals surface area contributed by atoms with E-state index in [-0.39, 0.29) is 12.5 Å². The quantitative estimate of drug-likeness (QED) is 0.822. The Hall–Kier alpha value is -2.44. The van der Waals surface area contributed by atoms with Gasteiger partial charge in [-0.2, -0.15) is 5.10 Å². The number of aromatic nitrogens is 4. The molecule has 1 amide bonds. The number of nitrogens with one attached hydrogen (secondary N) is 1. The Balaban J connectivity index is 2.02. The summed E-state index contributed by atoms with van der Waals surface area (Å²) in [6, 6.07) is 3.46. The van der Waals surface area contributed by atoms with Gasteiger partial charge in [-0.15, -0.1) is 0 Å². The van der Waals surface area contributed by atoms with Crippen molar-refractivity contribution in [2.75, 3.05) is 11.1 Å². The molecular weight excluding hydrogens is 232 g/mol. The van der Waals surface area contributed by atoms with Gasteiger partial charge in [0.2, 0.25) is 11.9 Å². The number of nitrogen functional groups attached to an aromatic ring is 1. The smallest absolute Gasteiger partial charge is 0.248 e. The van der Waals surface area contributed by atoms with E-state index in [9.17, 15) is 4.79 Å². The molecule has 2 aromatic heterocycles. The number of aryl methyl sites for hydroxylation is 2. The Morgan fingerprint density at radius 1 is 1.39 bits per heavy atom. The van der Waals surface area contributed by atoms with E-state index in [2.05, 4.69) is 20.4 Å². The second-order valence-electron chi connectivity index (χ2n) is 3.96. The Morgan fingerprint density at radius 2 is 2.06 bits per heavy atom. The largest absolute Gasteiger partial charge is 0.382 e. The number of rotatable bonds is 3. The molecule has 2 rings (SSSR count). The molecule has 7 heteroatoms. The second-order valence-corrected chi connectivity index (χ2v) is 3.96. The fourth-order valence-electron chi connectivity index (χ4n) is 1.56. The number of anilines is 2. The molecule has 2 aromatic rings. The number of carbonyl (C=O) groups excluding carboxylic acids is 1. The normalized spacial score (nSPS) is 10.3. The molecule has 2 heterocycles. The molecule has 0 fully saturated rings. The lowest BCUT2D eigenvalue weighted by Crippen LogP contribution is -2.20. The van der Waals surface area contributed by atoms with E-state index in [4.69, 9.17) is 5.73 Å². The average Bonchev–Trinajstić information content (AvgIpc) is 2.61. The molecule has 0 spiro atoms. The molecule has 0 atom stereocenters. The molecule has 0 aromatic carbocycles. The predicted molar refractivity (Wildman–Crippen MR) is 66.8 cm³/mol. The minimum Gasteiger partial charge on any atom is -0.382 e. The fourth-order valence-corrected chi connectivity index (χ4v) is 1.56. The van der Waals surface area contributed by atoms with Crippen molar-refractivity contribution in [1.82, 2.24) is 19.7 Å². The van der Waals surface area contributed by atoms with Crippen LogP contribution in [0.2, 0.25) is 0 Å². The van der Waals surface area contributed by atoms with Crippen molar-refractivity contribution in [3.63, 3.8) is 0 Å². The highest BCUT2D eigenvalue weighted by Gasteiger charge is 2.07. The van der Waals surface area contributed by atoms with Crippen molar-refractivity contribution in [3.05, 3.63) is 29.7 Å². The van der Waals surface area contributed by atoms with Crippen LogP contribution in [0.3, 0.4) is 0 Å². The molecule has 0 aliphatic carbocycles. The Bertz CT molecular complexity index is 556. The molecule has 0 unspecified atom stereocenters. The summed E-state index contributed by atoms with van der Waals surface area (Å²) >= 11 is 0. The average molecular weight is 246 g/mol. The third-order valence-corrected chi connectivity index (χ3v) is 2.20. The zero-order valence-electron chi connectivity index (χ0n) is 10.2. The maximum atomic E-state index is 11.7. The molecule has 3 N–H and O–H groups in total. The maximum absolute atomic E-state index is 11.7. The van der Waals surface area contributed by atoms with E-state index >= 15 is 0 Å². The molecule has 0 bridgehead atoms. The van der Waals surface area contributed by atoms with Crippen molar-refractivity contribution in [2.45, 2.75) is 20.4 Å². The first-order valence-electron chi connectivity index (χ1n) is 5.44. The van der Waals surface area contributed by atoms with E-state index in [1.54, 1.807) is 12.3 Å². The van der Waals surface area contributed by atoms with Gasteiger partial charge >= 0.3 is 0 Å². The van der Waals surface area contributed by atoms with Gasteiger partial charge in [0.05, 0.1) is 0 Å². The number of hydrogen-bond donors (Lipinski definition) is 2. The standard InChI is InChI=1S/C11H14N6O/c1-7-5-8(2)14-11(13-7)15-10(18)6-17-4-3-9(12)16-17/h3-5H,6H2,1-2H3,(H2,12,16)(H,13,14,15,18). The van der Waals surface area contributed by atoms with Crippen LogP contribution in [0.25, 0.3) is 0 Å². The maximum Gasteiger partial charge on any atom is 0.248 e. The van der Waals surface area contributed by atoms with Crippen LogP contribution in [-0.2, 0) is 11.3 Å². The highest BCUT2D eigenvalue weighted by atomic mass is 16.2. The van der Waals surface area contributed by atoms with Crippen LogP contribution in [0.15, 0.2) is 18.3 Å². The monoisotopic (exact) mass is 246 g/mol. The van der Waals surface area contributed by atoms with Gasteiger partial charge in [-0.05, 0) is 26.0 Å². The summed E-state index contributed by atoms with van der Waals surface area (Å²) in [5, 5.41) is 6.54. The van der Waals surface area contributed by atoms with Crippen molar-refractivity contribution in [2.24, 2.45) is 0 Å². The lowest BCUT2D eigenvalue weighted by atomic mass is 10.4. The molecular formula is C11H14N6O. The molecule has 0 aliphatic rings. The van der Waals surface area contributed by atoms with Gasteiger partial charge in [0.15, 0.2) is 0 Å². The van der Waals surface area contributed by atoms with Gasteiger partial charge in [-0.25, -0.2) is 9.97 Å². The first-order valence-corrected chi connectivity index (χ1v) is 5.44. The number of amides is 1. The minimum absolute atomic E-state index is 0.0769. The van der Waals surface area contributed by atoms with Crippen LogP contribution in [0, 0.1) is 13.8 Å². The third kappa shape index (κ3) is 3.03. The number of nitrogens with zero attached hydrogens (tertiary/aromatic N) is 4. The summed E-state index contributed by atoms with van der Waals surface area (Å²) in [6.45, 7) is 3.77. The first-order chi connectivity index (χ1) is 8.52. The van der Waals surface area contributed by atoms with Crippen molar-refractivity contribution in [3.8, 4) is 0 Å². The Labute approximate surface area is 104 Å². The van der Waals surface area contributed by atoms with E-state index in [0.29, 0.717) is 11.8 Å². The summed E-state index contributed by atoms with van der Waals surface area (Å²) in [4.78, 5) is 20.0. The summed E-state index contributed by atoms with van der Waals surface area (Å²) in [5.74, 6) is 0.436. The zero-order valence-corrected chi connectivity index (χ0v) is 10.2. The minimum atomic E-state index is -0.247. The molecule has 0 saturated heterocycles. The summed E-state index contributed by atoms with van der Waals surface area (Å²) in [7, 11) is 0. The summed E-state index contributed by atoms with van der Waals surface area (Å²) in [5.41, 5.74) is 7.07. The third-order valence-electron chi connectivity index (χ3n) is 2.20. The van der Waals surface area contributed by atoms with Gasteiger partial charge in [0.1, 0.15) is 12.4 Å². The topological polar surface area (TPSA) is 98.7 Å². The Kier molecular flexibility index (Phi) is 3.22. The number of carbonyl (C=O) groups is 1. The van der Waals surface area contributed by atoms with E-state index in [1.165, 1.54) is 4.68 Å². The SMILES string of the molecule is Cc1cc(C)nc(NC(=O)Cn2ccc(N)n2)n1. The van der Waals surface area contributed by atoms with E-state index in [1.807, 2.05) is 19.9 Å². The van der Waals surface area contributed by atoms with Gasteiger partial charge in [-0.1, -0.05) is 0 Å². The molecule has 18 heavy (non-hydrogen) atoms. The zero-order chi connectivity index (χ0) is 13.1. The number of hydrogen-bond acceptors (Lipinski definition) is 5. The van der Waals surface area contributed by atoms with Crippen molar-refractivity contribution < 1.29 is 4.79 Å². The summed E-state index contributed by atoms with van der Waals surface area (Å²) in [6.07, 6.45) is 1.64. The van der Waals surface area contributed by atoms with Crippen molar-refractivity contribution in [1.29, 1.82) is 0 Å². The van der Waals surface area contributed by atoms with E-state index < -0.39 is 0 Å². The van der Waals surface area contributed by atoms with Crippen LogP contribution in [-0.4, -0.2) is 25.7 Å². The number of nitrogens with two attached hydrogens (primary N) is 1. The molecule has 7 nitrogen and oxygen atoms in total. The highest BCUT2D eigenvalue weighted by Crippen LogP contribution is 2.04. The molecule has 0 saturated carbocycles. The predicted octanol–water partition coefficient (Wildman–Crippen LogP) is 0.511. The Morgan fingerprint density at radius 3 is 2.61 bits per heavy atom. The molecule has 0 aliphatic heterocycles. The first kappa shape index (κ1) is 12.0. The van der Waals surface area contributed by atoms with Crippen LogP contribution < -0.4 is 11.1 Å². The van der Waals surface area contributed by atoms with Gasteiger partial charge in [0.25, 0.3) is 0 Å². The van der Waals surface area contributed by atoms with Crippen LogP contribution in [0.1, 0.15) is 11.4 Å². The highest BCUT2D eigenvalue weighted by molar-refractivity contribution is 5.88. The van der Waals surface area contributed by atoms with Gasteiger partial charge in [-0.3, -0.25) is 14.8 Å². The lowest BCUT2D eigenvalue weighted by molar-refractivity contribution is -0.116.